The summed E-state index contributed by atoms with van der Waals surface area (Å²) in [4.78, 5) is 18.3. The molecule has 1 N–H and O–H groups in total. The molecular weight excluding hydrogens is 411 g/mol. The molecule has 2 aliphatic heterocycles. The molecule has 1 fully saturated rings. The van der Waals surface area contributed by atoms with Crippen LogP contribution in [0.25, 0.3) is 0 Å². The molecule has 31 heavy (non-hydrogen) atoms. The number of piperidine rings is 1. The second-order valence-corrected chi connectivity index (χ2v) is 7.88. The van der Waals surface area contributed by atoms with E-state index in [1.165, 1.54) is 18.3 Å². The fourth-order valence-electron chi connectivity index (χ4n) is 3.94. The van der Waals surface area contributed by atoms with E-state index in [0.717, 1.165) is 32.0 Å². The third-order valence-electron chi connectivity index (χ3n) is 5.64. The summed E-state index contributed by atoms with van der Waals surface area (Å²) < 4.78 is 51.0. The summed E-state index contributed by atoms with van der Waals surface area (Å²) in [6, 6.07) is 7.27. The van der Waals surface area contributed by atoms with Crippen molar-refractivity contribution in [2.24, 2.45) is 5.92 Å². The van der Waals surface area contributed by atoms with Gasteiger partial charge in [0, 0.05) is 25.5 Å². The number of carbonyl (C=O) groups is 1. The van der Waals surface area contributed by atoms with Crippen LogP contribution in [0.1, 0.15) is 28.8 Å². The molecule has 0 radical (unpaired) electrons. The standard InChI is InChI=1S/C22H24F3N3O3/c23-22(24,25)18-4-1-5-19-20(18)31-17(14-30-19)13-28-9-6-15(7-10-28)11-27-21(29)16-3-2-8-26-12-16/h1-5,8,12,15,17H,6-7,9-11,13-14H2,(H,27,29)/t17-/m0/s1. The minimum absolute atomic E-state index is 0.133. The lowest BCUT2D eigenvalue weighted by atomic mass is 9.96. The molecular formula is C22H24F3N3O3. The molecule has 1 saturated heterocycles. The second kappa shape index (κ2) is 9.13. The lowest BCUT2D eigenvalue weighted by Gasteiger charge is -2.36. The number of para-hydroxylation sites is 1. The molecule has 1 atom stereocenters. The average molecular weight is 435 g/mol. The topological polar surface area (TPSA) is 63.7 Å². The number of nitrogens with zero attached hydrogens (tertiary/aromatic N) is 2. The molecule has 166 valence electrons. The third-order valence-corrected chi connectivity index (χ3v) is 5.64. The van der Waals surface area contributed by atoms with Gasteiger partial charge in [0.15, 0.2) is 11.5 Å². The highest BCUT2D eigenvalue weighted by atomic mass is 19.4. The molecule has 2 aliphatic rings. The molecule has 1 aromatic heterocycles. The number of hydrogen-bond acceptors (Lipinski definition) is 5. The van der Waals surface area contributed by atoms with E-state index in [0.29, 0.717) is 24.6 Å². The third kappa shape index (κ3) is 5.28. The van der Waals surface area contributed by atoms with Crippen LogP contribution in [0.5, 0.6) is 11.5 Å². The number of benzene rings is 1. The van der Waals surface area contributed by atoms with Crippen molar-refractivity contribution in [3.63, 3.8) is 0 Å². The predicted molar refractivity (Wildman–Crippen MR) is 107 cm³/mol. The predicted octanol–water partition coefficient (Wildman–Crippen LogP) is 3.38. The number of ether oxygens (including phenoxy) is 2. The number of pyridine rings is 1. The first-order valence-corrected chi connectivity index (χ1v) is 10.3. The van der Waals surface area contributed by atoms with Crippen molar-refractivity contribution in [3.8, 4) is 11.5 Å². The number of fused-ring (bicyclic) bond motifs is 1. The summed E-state index contributed by atoms with van der Waals surface area (Å²) in [5.41, 5.74) is -0.273. The number of hydrogen-bond donors (Lipinski definition) is 1. The molecule has 0 bridgehead atoms. The van der Waals surface area contributed by atoms with E-state index >= 15 is 0 Å². The van der Waals surface area contributed by atoms with E-state index in [2.05, 4.69) is 15.2 Å². The Bertz CT molecular complexity index is 900. The first-order valence-electron chi connectivity index (χ1n) is 10.3. The summed E-state index contributed by atoms with van der Waals surface area (Å²) in [5, 5.41) is 2.95. The SMILES string of the molecule is O=C(NCC1CCN(C[C@H]2COc3cccc(C(F)(F)F)c3O2)CC1)c1cccnc1. The van der Waals surface area contributed by atoms with Crippen LogP contribution in [0.2, 0.25) is 0 Å². The van der Waals surface area contributed by atoms with E-state index < -0.39 is 17.8 Å². The van der Waals surface area contributed by atoms with Crippen LogP contribution in [0.4, 0.5) is 13.2 Å². The van der Waals surface area contributed by atoms with E-state index in [1.54, 1.807) is 18.3 Å². The van der Waals surface area contributed by atoms with Gasteiger partial charge in [-0.05, 0) is 56.1 Å². The number of rotatable bonds is 5. The van der Waals surface area contributed by atoms with Gasteiger partial charge in [-0.1, -0.05) is 6.07 Å². The minimum atomic E-state index is -4.49. The number of halogens is 3. The lowest BCUT2D eigenvalue weighted by Crippen LogP contribution is -2.45. The molecule has 1 aromatic carbocycles. The molecule has 2 aromatic rings. The van der Waals surface area contributed by atoms with Crippen LogP contribution >= 0.6 is 0 Å². The minimum Gasteiger partial charge on any atom is -0.486 e. The molecule has 9 heteroatoms. The van der Waals surface area contributed by atoms with Crippen molar-refractivity contribution >= 4 is 5.91 Å². The fourth-order valence-corrected chi connectivity index (χ4v) is 3.94. The van der Waals surface area contributed by atoms with Crippen LogP contribution in [-0.4, -0.2) is 54.7 Å². The number of alkyl halides is 3. The first-order chi connectivity index (χ1) is 14.9. The van der Waals surface area contributed by atoms with Gasteiger partial charge in [-0.25, -0.2) is 0 Å². The Morgan fingerprint density at radius 3 is 2.71 bits per heavy atom. The number of nitrogens with one attached hydrogen (secondary N) is 1. The van der Waals surface area contributed by atoms with Crippen LogP contribution < -0.4 is 14.8 Å². The smallest absolute Gasteiger partial charge is 0.420 e. The highest BCUT2D eigenvalue weighted by Gasteiger charge is 2.38. The Morgan fingerprint density at radius 1 is 1.19 bits per heavy atom. The zero-order valence-electron chi connectivity index (χ0n) is 16.9. The highest BCUT2D eigenvalue weighted by molar-refractivity contribution is 5.93. The van der Waals surface area contributed by atoms with Gasteiger partial charge >= 0.3 is 6.18 Å². The molecule has 1 amide bonds. The van der Waals surface area contributed by atoms with Crippen molar-refractivity contribution in [2.45, 2.75) is 25.1 Å². The fraction of sp³-hybridized carbons (Fsp3) is 0.455. The normalized spacial score (nSPS) is 19.8. The van der Waals surface area contributed by atoms with Gasteiger partial charge in [0.25, 0.3) is 5.91 Å². The van der Waals surface area contributed by atoms with Gasteiger partial charge in [-0.3, -0.25) is 14.7 Å². The van der Waals surface area contributed by atoms with Gasteiger partial charge in [0.1, 0.15) is 18.3 Å². The maximum absolute atomic E-state index is 13.3. The van der Waals surface area contributed by atoms with Crippen molar-refractivity contribution in [1.29, 1.82) is 0 Å². The lowest BCUT2D eigenvalue weighted by molar-refractivity contribution is -0.140. The Hall–Kier alpha value is -2.81. The van der Waals surface area contributed by atoms with Crippen LogP contribution in [-0.2, 0) is 6.18 Å². The van der Waals surface area contributed by atoms with E-state index in [1.807, 2.05) is 0 Å². The Labute approximate surface area is 178 Å². The number of carbonyl (C=O) groups excluding carboxylic acids is 1. The summed E-state index contributed by atoms with van der Waals surface area (Å²) in [7, 11) is 0. The summed E-state index contributed by atoms with van der Waals surface area (Å²) in [6.07, 6.45) is -0.00758. The summed E-state index contributed by atoms with van der Waals surface area (Å²) >= 11 is 0. The van der Waals surface area contributed by atoms with Crippen LogP contribution in [0, 0.1) is 5.92 Å². The number of likely N-dealkylation sites (tertiary alicyclic amines) is 1. The van der Waals surface area contributed by atoms with Crippen molar-refractivity contribution in [1.82, 2.24) is 15.2 Å². The van der Waals surface area contributed by atoms with Gasteiger partial charge in [-0.2, -0.15) is 13.2 Å². The maximum Gasteiger partial charge on any atom is 0.420 e. The molecule has 0 unspecified atom stereocenters. The van der Waals surface area contributed by atoms with E-state index in [4.69, 9.17) is 9.47 Å². The zero-order chi connectivity index (χ0) is 21.8. The second-order valence-electron chi connectivity index (χ2n) is 7.88. The quantitative estimate of drug-likeness (QED) is 0.780. The number of amides is 1. The van der Waals surface area contributed by atoms with Gasteiger partial charge in [-0.15, -0.1) is 0 Å². The van der Waals surface area contributed by atoms with Gasteiger partial charge < -0.3 is 14.8 Å². The Balaban J connectivity index is 1.25. The summed E-state index contributed by atoms with van der Waals surface area (Å²) in [5.74, 6) is 0.133. The van der Waals surface area contributed by atoms with Crippen LogP contribution in [0.15, 0.2) is 42.7 Å². The zero-order valence-corrected chi connectivity index (χ0v) is 16.9. The Morgan fingerprint density at radius 2 is 2.00 bits per heavy atom. The maximum atomic E-state index is 13.3. The molecule has 3 heterocycles. The van der Waals surface area contributed by atoms with Crippen LogP contribution in [0.3, 0.4) is 0 Å². The number of aromatic nitrogens is 1. The van der Waals surface area contributed by atoms with Crippen molar-refractivity contribution in [2.75, 3.05) is 32.8 Å². The van der Waals surface area contributed by atoms with Gasteiger partial charge in [0.05, 0.1) is 5.56 Å². The molecule has 0 saturated carbocycles. The summed E-state index contributed by atoms with van der Waals surface area (Å²) in [6.45, 7) is 2.89. The monoisotopic (exact) mass is 435 g/mol. The first kappa shape index (κ1) is 21.4. The molecule has 6 nitrogen and oxygen atoms in total. The highest BCUT2D eigenvalue weighted by Crippen LogP contribution is 2.43. The van der Waals surface area contributed by atoms with Crippen molar-refractivity contribution < 1.29 is 27.4 Å². The van der Waals surface area contributed by atoms with Gasteiger partial charge in [0.2, 0.25) is 0 Å². The van der Waals surface area contributed by atoms with Crippen molar-refractivity contribution in [3.05, 3.63) is 53.9 Å². The largest absolute Gasteiger partial charge is 0.486 e. The van der Waals surface area contributed by atoms with E-state index in [-0.39, 0.29) is 24.0 Å². The average Bonchev–Trinajstić information content (AvgIpc) is 2.78. The Kier molecular flexibility index (Phi) is 6.31. The molecule has 0 spiro atoms. The van der Waals surface area contributed by atoms with E-state index in [9.17, 15) is 18.0 Å². The molecule has 0 aliphatic carbocycles. The molecule has 4 rings (SSSR count).